The molecule has 11 heteroatoms. The molecular formula is C46H92N2O9. The Morgan fingerprint density at radius 1 is 0.596 bits per heavy atom. The zero-order valence-electron chi connectivity index (χ0n) is 37.0. The second kappa shape index (κ2) is 36.9. The molecule has 0 aromatic heterocycles. The van der Waals surface area contributed by atoms with Crippen LogP contribution in [0.3, 0.4) is 0 Å². The van der Waals surface area contributed by atoms with Gasteiger partial charge in [0, 0.05) is 6.42 Å². The summed E-state index contributed by atoms with van der Waals surface area (Å²) in [6.45, 7) is 9.27. The monoisotopic (exact) mass is 817 g/mol. The molecule has 1 aliphatic heterocycles. The molecule has 0 aliphatic carbocycles. The normalized spacial score (nSPS) is 21.5. The van der Waals surface area contributed by atoms with Gasteiger partial charge in [0.15, 0.2) is 6.29 Å². The Hall–Kier alpha value is -0.890. The molecule has 0 radical (unpaired) electrons. The molecule has 1 fully saturated rings. The highest BCUT2D eigenvalue weighted by atomic mass is 16.7. The third kappa shape index (κ3) is 26.8. The van der Waals surface area contributed by atoms with E-state index >= 15 is 0 Å². The summed E-state index contributed by atoms with van der Waals surface area (Å²) in [4.78, 5) is 15.8. The summed E-state index contributed by atoms with van der Waals surface area (Å²) in [7, 11) is 0. The average Bonchev–Trinajstić information content (AvgIpc) is 3.21. The number of ether oxygens (including phenoxy) is 2. The second-order valence-corrected chi connectivity index (χ2v) is 17.1. The zero-order valence-corrected chi connectivity index (χ0v) is 37.0. The highest BCUT2D eigenvalue weighted by Gasteiger charge is 2.44. The van der Waals surface area contributed by atoms with Gasteiger partial charge in [-0.05, 0) is 51.7 Å². The number of carbonyl (C=O) groups excluding carboxylic acids is 1. The first-order chi connectivity index (χ1) is 27.7. The van der Waals surface area contributed by atoms with Crippen LogP contribution in [0.2, 0.25) is 0 Å². The first-order valence-corrected chi connectivity index (χ1v) is 24.0. The van der Waals surface area contributed by atoms with Crippen molar-refractivity contribution in [3.63, 3.8) is 0 Å². The van der Waals surface area contributed by atoms with Crippen LogP contribution in [0.25, 0.3) is 0 Å². The van der Waals surface area contributed by atoms with E-state index in [1.807, 2.05) is 0 Å². The summed E-state index contributed by atoms with van der Waals surface area (Å²) in [5.74, 6) is -0.259. The third-order valence-corrected chi connectivity index (χ3v) is 11.8. The Kier molecular flexibility index (Phi) is 35.1. The smallest absolute Gasteiger partial charge is 0.220 e. The topological polar surface area (TPSA) is 172 Å². The van der Waals surface area contributed by atoms with Crippen LogP contribution in [0, 0.1) is 0 Å². The van der Waals surface area contributed by atoms with Crippen molar-refractivity contribution in [2.24, 2.45) is 0 Å². The molecule has 1 heterocycles. The van der Waals surface area contributed by atoms with Gasteiger partial charge in [-0.3, -0.25) is 4.79 Å². The van der Waals surface area contributed by atoms with E-state index < -0.39 is 55.6 Å². The lowest BCUT2D eigenvalue weighted by Gasteiger charge is -2.40. The number of unbranched alkanes of at least 4 members (excludes halogenated alkanes) is 23. The van der Waals surface area contributed by atoms with Crippen molar-refractivity contribution in [2.45, 2.75) is 256 Å². The number of nitrogens with one attached hydrogen (secondary N) is 1. The molecule has 0 bridgehead atoms. The van der Waals surface area contributed by atoms with Gasteiger partial charge in [-0.15, -0.1) is 0 Å². The van der Waals surface area contributed by atoms with Gasteiger partial charge in [-0.25, -0.2) is 0 Å². The van der Waals surface area contributed by atoms with Crippen LogP contribution >= 0.6 is 0 Å². The quantitative estimate of drug-likeness (QED) is 0.0304. The van der Waals surface area contributed by atoms with Gasteiger partial charge in [0.1, 0.15) is 30.5 Å². The van der Waals surface area contributed by atoms with E-state index in [1.165, 1.54) is 135 Å². The van der Waals surface area contributed by atoms with Crippen molar-refractivity contribution in [2.75, 3.05) is 32.8 Å². The minimum atomic E-state index is -1.61. The predicted molar refractivity (Wildman–Crippen MR) is 231 cm³/mol. The molecule has 0 spiro atoms. The largest absolute Gasteiger partial charge is 0.394 e. The number of nitrogens with zero attached hydrogens (tertiary/aromatic N) is 1. The Morgan fingerprint density at radius 2 is 1.02 bits per heavy atom. The zero-order chi connectivity index (χ0) is 41.9. The molecule has 0 saturated carbocycles. The summed E-state index contributed by atoms with van der Waals surface area (Å²) < 4.78 is 11.2. The van der Waals surface area contributed by atoms with Crippen LogP contribution in [0.1, 0.15) is 207 Å². The molecule has 340 valence electrons. The summed E-state index contributed by atoms with van der Waals surface area (Å²) in [5, 5.41) is 65.5. The lowest BCUT2D eigenvalue weighted by Crippen LogP contribution is -2.60. The van der Waals surface area contributed by atoms with Crippen molar-refractivity contribution in [1.29, 1.82) is 0 Å². The Balaban J connectivity index is 2.57. The van der Waals surface area contributed by atoms with Gasteiger partial charge >= 0.3 is 0 Å². The van der Waals surface area contributed by atoms with Crippen molar-refractivity contribution < 1.29 is 44.9 Å². The Morgan fingerprint density at radius 3 is 1.47 bits per heavy atom. The fourth-order valence-electron chi connectivity index (χ4n) is 7.91. The van der Waals surface area contributed by atoms with E-state index in [0.29, 0.717) is 12.8 Å². The Bertz CT molecular complexity index is 886. The lowest BCUT2D eigenvalue weighted by atomic mass is 9.98. The van der Waals surface area contributed by atoms with Gasteiger partial charge in [0.05, 0.1) is 25.4 Å². The molecule has 0 aromatic carbocycles. The van der Waals surface area contributed by atoms with Crippen LogP contribution in [0.4, 0.5) is 0 Å². The molecule has 57 heavy (non-hydrogen) atoms. The number of amides is 1. The molecule has 7 N–H and O–H groups in total. The standard InChI is InChI=1S/C46H92N2O9/c1-4-7-10-13-14-15-16-17-18-19-20-21-26-31-39(50)42(52)38(37-56-46-45(55)44(54)43(53)40(36-49)57-46)47-41(51)32-27-22-25-30-35-48(33-28-23-11-8-5-2)34-29-24-12-9-6-3/h38-40,42-46,49-50,52-55H,4-37H2,1-3H3,(H,47,51)/t38-,39+,40+,42-,43-,44-,45+,46-/m0/s1. The molecule has 0 aromatic rings. The summed E-state index contributed by atoms with van der Waals surface area (Å²) >= 11 is 0. The Labute approximate surface area is 349 Å². The van der Waals surface area contributed by atoms with Crippen LogP contribution in [0.15, 0.2) is 0 Å². The molecule has 8 atom stereocenters. The predicted octanol–water partition coefficient (Wildman–Crippen LogP) is 7.68. The van der Waals surface area contributed by atoms with E-state index in [0.717, 1.165) is 51.5 Å². The highest BCUT2D eigenvalue weighted by molar-refractivity contribution is 5.76. The molecule has 1 rings (SSSR count). The first kappa shape index (κ1) is 54.1. The fraction of sp³-hybridized carbons (Fsp3) is 0.978. The van der Waals surface area contributed by atoms with E-state index in [9.17, 15) is 35.4 Å². The first-order valence-electron chi connectivity index (χ1n) is 24.0. The van der Waals surface area contributed by atoms with Crippen LogP contribution < -0.4 is 5.32 Å². The SMILES string of the molecule is CCCCCCCCCCCCCCC[C@@H](O)[C@@H](O)[C@H](CO[C@H]1O[C@H](CO)[C@H](O)[C@H](O)[C@H]1O)NC(=O)CCCCCCN(CCCCCCC)CCCCCCC. The number of carbonyl (C=O) groups is 1. The van der Waals surface area contributed by atoms with Crippen molar-refractivity contribution in [1.82, 2.24) is 10.2 Å². The van der Waals surface area contributed by atoms with Gasteiger partial charge in [0.2, 0.25) is 5.91 Å². The molecule has 1 saturated heterocycles. The number of aliphatic hydroxyl groups excluding tert-OH is 6. The summed E-state index contributed by atoms with van der Waals surface area (Å²) in [6, 6.07) is -0.995. The van der Waals surface area contributed by atoms with Crippen LogP contribution in [0.5, 0.6) is 0 Å². The van der Waals surface area contributed by atoms with Gasteiger partial charge < -0.3 is 50.3 Å². The van der Waals surface area contributed by atoms with E-state index in [4.69, 9.17) is 9.47 Å². The highest BCUT2D eigenvalue weighted by Crippen LogP contribution is 2.23. The van der Waals surface area contributed by atoms with E-state index in [2.05, 4.69) is 31.0 Å². The van der Waals surface area contributed by atoms with Gasteiger partial charge in [0.25, 0.3) is 0 Å². The fourth-order valence-corrected chi connectivity index (χ4v) is 7.91. The molecular weight excluding hydrogens is 725 g/mol. The van der Waals surface area contributed by atoms with Gasteiger partial charge in [-0.2, -0.15) is 0 Å². The summed E-state index contributed by atoms with van der Waals surface area (Å²) in [5.41, 5.74) is 0. The van der Waals surface area contributed by atoms with Crippen LogP contribution in [-0.2, 0) is 14.3 Å². The maximum atomic E-state index is 13.1. The second-order valence-electron chi connectivity index (χ2n) is 17.1. The number of hydrogen-bond donors (Lipinski definition) is 7. The number of rotatable bonds is 40. The average molecular weight is 817 g/mol. The minimum absolute atomic E-state index is 0.259. The maximum Gasteiger partial charge on any atom is 0.220 e. The minimum Gasteiger partial charge on any atom is -0.394 e. The van der Waals surface area contributed by atoms with E-state index in [-0.39, 0.29) is 18.9 Å². The number of aliphatic hydroxyl groups is 6. The lowest BCUT2D eigenvalue weighted by molar-refractivity contribution is -0.303. The number of hydrogen-bond acceptors (Lipinski definition) is 10. The summed E-state index contributed by atoms with van der Waals surface area (Å²) in [6.07, 6.45) is 23.3. The molecule has 1 aliphatic rings. The van der Waals surface area contributed by atoms with Crippen molar-refractivity contribution in [3.8, 4) is 0 Å². The van der Waals surface area contributed by atoms with Crippen LogP contribution in [-0.4, -0.2) is 123 Å². The van der Waals surface area contributed by atoms with Gasteiger partial charge in [-0.1, -0.05) is 168 Å². The molecule has 0 unspecified atom stereocenters. The third-order valence-electron chi connectivity index (χ3n) is 11.8. The van der Waals surface area contributed by atoms with Crippen molar-refractivity contribution >= 4 is 5.91 Å². The van der Waals surface area contributed by atoms with Crippen molar-refractivity contribution in [3.05, 3.63) is 0 Å². The van der Waals surface area contributed by atoms with E-state index in [1.54, 1.807) is 0 Å². The molecule has 1 amide bonds. The maximum absolute atomic E-state index is 13.1. The molecule has 11 nitrogen and oxygen atoms in total.